The van der Waals surface area contributed by atoms with Crippen LogP contribution in [-0.4, -0.2) is 71.5 Å². The van der Waals surface area contributed by atoms with E-state index in [9.17, 15) is 4.79 Å². The highest BCUT2D eigenvalue weighted by Crippen LogP contribution is 2.22. The van der Waals surface area contributed by atoms with Crippen molar-refractivity contribution in [2.45, 2.75) is 20.3 Å². The van der Waals surface area contributed by atoms with Crippen LogP contribution in [0.2, 0.25) is 5.15 Å². The summed E-state index contributed by atoms with van der Waals surface area (Å²) in [6.45, 7) is 9.99. The van der Waals surface area contributed by atoms with E-state index in [4.69, 9.17) is 17.3 Å². The molecule has 0 spiro atoms. The third-order valence-electron chi connectivity index (χ3n) is 4.98. The molecule has 2 aliphatic rings. The maximum Gasteiger partial charge on any atom is 0.236 e. The van der Waals surface area contributed by atoms with Gasteiger partial charge in [0.05, 0.1) is 6.54 Å². The number of nitrogens with two attached hydrogens (primary N) is 1. The Morgan fingerprint density at radius 2 is 1.84 bits per heavy atom. The van der Waals surface area contributed by atoms with Crippen molar-refractivity contribution in [1.82, 2.24) is 19.8 Å². The van der Waals surface area contributed by atoms with Crippen molar-refractivity contribution >= 4 is 29.3 Å². The van der Waals surface area contributed by atoms with Gasteiger partial charge in [-0.05, 0) is 18.3 Å². The fraction of sp³-hybridized carbons (Fsp3) is 0.706. The lowest BCUT2D eigenvalue weighted by Crippen LogP contribution is -2.52. The highest BCUT2D eigenvalue weighted by Gasteiger charge is 2.27. The van der Waals surface area contributed by atoms with Crippen LogP contribution in [0.1, 0.15) is 20.3 Å². The zero-order valence-corrected chi connectivity index (χ0v) is 15.7. The van der Waals surface area contributed by atoms with Crippen molar-refractivity contribution in [1.29, 1.82) is 0 Å². The van der Waals surface area contributed by atoms with E-state index in [1.807, 2.05) is 4.90 Å². The quantitative estimate of drug-likeness (QED) is 0.813. The van der Waals surface area contributed by atoms with Gasteiger partial charge in [-0.25, -0.2) is 4.98 Å². The number of nitrogen functional groups attached to an aromatic ring is 1. The maximum absolute atomic E-state index is 12.6. The zero-order valence-electron chi connectivity index (χ0n) is 15.0. The molecule has 7 nitrogen and oxygen atoms in total. The lowest BCUT2D eigenvalue weighted by Gasteiger charge is -2.38. The van der Waals surface area contributed by atoms with Crippen LogP contribution in [0.15, 0.2) is 6.07 Å². The Hall–Kier alpha value is -1.60. The van der Waals surface area contributed by atoms with E-state index in [1.54, 1.807) is 6.07 Å². The highest BCUT2D eigenvalue weighted by molar-refractivity contribution is 6.29. The molecule has 138 valence electrons. The molecular weight excluding hydrogens is 340 g/mol. The first-order valence-corrected chi connectivity index (χ1v) is 9.33. The van der Waals surface area contributed by atoms with Crippen LogP contribution in [0.5, 0.6) is 0 Å². The first-order valence-electron chi connectivity index (χ1n) is 8.96. The third kappa shape index (κ3) is 4.73. The van der Waals surface area contributed by atoms with E-state index >= 15 is 0 Å². The molecule has 1 aromatic heterocycles. The summed E-state index contributed by atoms with van der Waals surface area (Å²) in [5, 5.41) is 0.355. The number of carbonyl (C=O) groups excluding carboxylic acids is 1. The van der Waals surface area contributed by atoms with Crippen LogP contribution in [0.3, 0.4) is 0 Å². The van der Waals surface area contributed by atoms with Crippen LogP contribution in [-0.2, 0) is 4.79 Å². The summed E-state index contributed by atoms with van der Waals surface area (Å²) >= 11 is 5.96. The van der Waals surface area contributed by atoms with Crippen LogP contribution in [0.25, 0.3) is 0 Å². The molecule has 1 amide bonds. The summed E-state index contributed by atoms with van der Waals surface area (Å²) in [6, 6.07) is 1.73. The van der Waals surface area contributed by atoms with Crippen molar-refractivity contribution < 1.29 is 4.79 Å². The Bertz CT molecular complexity index is 589. The van der Waals surface area contributed by atoms with Gasteiger partial charge in [0.1, 0.15) is 11.0 Å². The number of piperidine rings is 1. The average Bonchev–Trinajstić information content (AvgIpc) is 2.53. The Morgan fingerprint density at radius 1 is 1.20 bits per heavy atom. The zero-order chi connectivity index (χ0) is 18.0. The Kier molecular flexibility index (Phi) is 5.64. The maximum atomic E-state index is 12.6. The topological polar surface area (TPSA) is 78.6 Å². The van der Waals surface area contributed by atoms with Crippen LogP contribution >= 0.6 is 11.6 Å². The molecule has 2 aliphatic heterocycles. The number of rotatable bonds is 3. The molecule has 2 atom stereocenters. The van der Waals surface area contributed by atoms with Crippen LogP contribution in [0.4, 0.5) is 11.8 Å². The minimum atomic E-state index is 0.188. The molecule has 8 heteroatoms. The predicted molar refractivity (Wildman–Crippen MR) is 99.6 cm³/mol. The lowest BCUT2D eigenvalue weighted by molar-refractivity contribution is -0.135. The molecule has 0 aliphatic carbocycles. The molecule has 3 rings (SSSR count). The summed E-state index contributed by atoms with van der Waals surface area (Å²) in [7, 11) is 0. The molecule has 0 radical (unpaired) electrons. The van der Waals surface area contributed by atoms with Crippen LogP contribution in [0, 0.1) is 11.8 Å². The van der Waals surface area contributed by atoms with Crippen molar-refractivity contribution in [3.8, 4) is 0 Å². The molecule has 1 aromatic rings. The molecule has 2 fully saturated rings. The van der Waals surface area contributed by atoms with E-state index in [0.29, 0.717) is 23.5 Å². The average molecular weight is 367 g/mol. The second kappa shape index (κ2) is 7.74. The van der Waals surface area contributed by atoms with E-state index in [0.717, 1.165) is 45.1 Å². The van der Waals surface area contributed by atoms with Crippen LogP contribution < -0.4 is 10.6 Å². The Morgan fingerprint density at radius 3 is 2.44 bits per heavy atom. The second-order valence-electron chi connectivity index (χ2n) is 7.42. The number of halogens is 1. The molecule has 2 saturated heterocycles. The van der Waals surface area contributed by atoms with Gasteiger partial charge in [0, 0.05) is 45.3 Å². The number of nitrogens with zero attached hydrogens (tertiary/aromatic N) is 5. The fourth-order valence-electron chi connectivity index (χ4n) is 3.88. The number of likely N-dealkylation sites (tertiary alicyclic amines) is 1. The van der Waals surface area contributed by atoms with Crippen molar-refractivity contribution in [2.24, 2.45) is 11.8 Å². The number of aromatic nitrogens is 2. The van der Waals surface area contributed by atoms with Crippen molar-refractivity contribution in [3.05, 3.63) is 11.2 Å². The van der Waals surface area contributed by atoms with E-state index < -0.39 is 0 Å². The second-order valence-corrected chi connectivity index (χ2v) is 7.80. The summed E-state index contributed by atoms with van der Waals surface area (Å²) in [6.07, 6.45) is 1.22. The summed E-state index contributed by atoms with van der Waals surface area (Å²) < 4.78 is 0. The largest absolute Gasteiger partial charge is 0.368 e. The molecule has 3 heterocycles. The predicted octanol–water partition coefficient (Wildman–Crippen LogP) is 1.34. The van der Waals surface area contributed by atoms with E-state index in [1.165, 1.54) is 6.42 Å². The summed E-state index contributed by atoms with van der Waals surface area (Å²) in [5.41, 5.74) is 5.67. The van der Waals surface area contributed by atoms with Gasteiger partial charge in [0.2, 0.25) is 11.9 Å². The number of hydrogen-bond donors (Lipinski definition) is 1. The number of amides is 1. The van der Waals surface area contributed by atoms with Gasteiger partial charge in [-0.15, -0.1) is 0 Å². The highest BCUT2D eigenvalue weighted by atomic mass is 35.5. The SMILES string of the molecule is CC1CC(C)CN(C(=O)CN2CCN(c3cc(Cl)nc(N)n3)CC2)C1. The molecule has 25 heavy (non-hydrogen) atoms. The smallest absolute Gasteiger partial charge is 0.236 e. The molecular formula is C17H27ClN6O. The molecule has 0 bridgehead atoms. The minimum absolute atomic E-state index is 0.188. The lowest BCUT2D eigenvalue weighted by atomic mass is 9.92. The minimum Gasteiger partial charge on any atom is -0.368 e. The van der Waals surface area contributed by atoms with Gasteiger partial charge >= 0.3 is 0 Å². The first-order chi connectivity index (χ1) is 11.9. The third-order valence-corrected chi connectivity index (χ3v) is 5.17. The summed E-state index contributed by atoms with van der Waals surface area (Å²) in [4.78, 5) is 27.1. The van der Waals surface area contributed by atoms with Crippen molar-refractivity contribution in [2.75, 3.05) is 56.4 Å². The molecule has 2 unspecified atom stereocenters. The Labute approximate surface area is 154 Å². The summed E-state index contributed by atoms with van der Waals surface area (Å²) in [5.74, 6) is 2.38. The Balaban J connectivity index is 1.51. The fourth-order valence-corrected chi connectivity index (χ4v) is 4.06. The van der Waals surface area contributed by atoms with Gasteiger partial charge in [-0.2, -0.15) is 4.98 Å². The van der Waals surface area contributed by atoms with E-state index in [2.05, 4.69) is 33.6 Å². The van der Waals surface area contributed by atoms with E-state index in [-0.39, 0.29) is 11.9 Å². The molecule has 2 N–H and O–H groups in total. The van der Waals surface area contributed by atoms with Gasteiger partial charge in [-0.3, -0.25) is 9.69 Å². The number of hydrogen-bond acceptors (Lipinski definition) is 6. The number of piperazine rings is 1. The molecule has 0 aromatic carbocycles. The van der Waals surface area contributed by atoms with Gasteiger partial charge in [0.25, 0.3) is 0 Å². The van der Waals surface area contributed by atoms with Gasteiger partial charge < -0.3 is 15.5 Å². The number of carbonyl (C=O) groups is 1. The monoisotopic (exact) mass is 366 g/mol. The van der Waals surface area contributed by atoms with Gasteiger partial charge in [-0.1, -0.05) is 25.4 Å². The standard InChI is InChI=1S/C17H27ClN6O/c1-12-7-13(2)10-24(9-12)16(25)11-22-3-5-23(6-4-22)15-8-14(18)20-17(19)21-15/h8,12-13H,3-7,9-11H2,1-2H3,(H2,19,20,21). The first kappa shape index (κ1) is 18.2. The number of anilines is 2. The van der Waals surface area contributed by atoms with Crippen molar-refractivity contribution in [3.63, 3.8) is 0 Å². The normalized spacial score (nSPS) is 25.2. The van der Waals surface area contributed by atoms with Gasteiger partial charge in [0.15, 0.2) is 0 Å². The molecule has 0 saturated carbocycles.